The van der Waals surface area contributed by atoms with E-state index in [2.05, 4.69) is 22.2 Å². The Morgan fingerprint density at radius 3 is 2.63 bits per heavy atom. The van der Waals surface area contributed by atoms with Crippen molar-refractivity contribution < 1.29 is 9.67 Å². The molecule has 2 aromatic rings. The molecule has 0 fully saturated rings. The summed E-state index contributed by atoms with van der Waals surface area (Å²) in [6.45, 7) is 5.80. The van der Waals surface area contributed by atoms with Crippen LogP contribution in [0.15, 0.2) is 18.5 Å². The van der Waals surface area contributed by atoms with E-state index in [0.29, 0.717) is 11.5 Å². The fraction of sp³-hybridized carbons (Fsp3) is 0.357. The van der Waals surface area contributed by atoms with E-state index in [-0.39, 0.29) is 5.75 Å². The number of rotatable bonds is 3. The normalized spacial score (nSPS) is 10.5. The second kappa shape index (κ2) is 5.22. The Balaban J connectivity index is 2.39. The number of hydrogen-bond acceptors (Lipinski definition) is 4. The summed E-state index contributed by atoms with van der Waals surface area (Å²) in [5.41, 5.74) is 3.45. The topological polar surface area (TPSA) is 61.9 Å². The number of nitrogens with zero attached hydrogens (tertiary/aromatic N) is 3. The molecule has 19 heavy (non-hydrogen) atoms. The van der Waals surface area contributed by atoms with E-state index in [1.807, 2.05) is 26.1 Å². The van der Waals surface area contributed by atoms with Crippen molar-refractivity contribution >= 4 is 11.5 Å². The average molecular weight is 259 g/mol. The molecule has 0 atom stereocenters. The van der Waals surface area contributed by atoms with Crippen molar-refractivity contribution in [3.8, 4) is 5.75 Å². The van der Waals surface area contributed by atoms with Gasteiger partial charge in [0.1, 0.15) is 5.69 Å². The van der Waals surface area contributed by atoms with Crippen LogP contribution in [0.2, 0.25) is 0 Å². The summed E-state index contributed by atoms with van der Waals surface area (Å²) >= 11 is 0. The highest BCUT2D eigenvalue weighted by Gasteiger charge is 2.17. The van der Waals surface area contributed by atoms with Gasteiger partial charge in [-0.25, -0.2) is 4.57 Å². The lowest BCUT2D eigenvalue weighted by atomic mass is 10.2. The lowest BCUT2D eigenvalue weighted by Crippen LogP contribution is -2.32. The van der Waals surface area contributed by atoms with Crippen LogP contribution in [0.25, 0.3) is 0 Å². The predicted molar refractivity (Wildman–Crippen MR) is 73.4 cm³/mol. The minimum Gasteiger partial charge on any atom is -0.500 e. The van der Waals surface area contributed by atoms with Crippen molar-refractivity contribution in [1.29, 1.82) is 0 Å². The van der Waals surface area contributed by atoms with Gasteiger partial charge in [-0.3, -0.25) is 10.3 Å². The molecule has 5 nitrogen and oxygen atoms in total. The quantitative estimate of drug-likeness (QED) is 0.827. The Hall–Kier alpha value is -2.17. The summed E-state index contributed by atoms with van der Waals surface area (Å²) in [4.78, 5) is 8.59. The Kier molecular flexibility index (Phi) is 3.64. The van der Waals surface area contributed by atoms with E-state index in [1.165, 1.54) is 0 Å². The van der Waals surface area contributed by atoms with Gasteiger partial charge in [0.25, 0.3) is 5.82 Å². The summed E-state index contributed by atoms with van der Waals surface area (Å²) in [6, 6.07) is 3.97. The molecule has 2 N–H and O–H groups in total. The molecule has 0 saturated carbocycles. The number of aromatic nitrogens is 3. The van der Waals surface area contributed by atoms with Crippen LogP contribution in [0, 0.1) is 13.8 Å². The molecule has 0 spiro atoms. The number of aryl methyl sites for hydroxylation is 4. The fourth-order valence-electron chi connectivity index (χ4n) is 1.85. The number of pyridine rings is 1. The largest absolute Gasteiger partial charge is 0.500 e. The maximum atomic E-state index is 10.1. The van der Waals surface area contributed by atoms with E-state index in [9.17, 15) is 5.11 Å². The van der Waals surface area contributed by atoms with Crippen LogP contribution in [-0.4, -0.2) is 15.1 Å². The fourth-order valence-corrected chi connectivity index (χ4v) is 1.85. The SMILES string of the molecule is CCc1ccc(Nc2c(O)c(C)nc[n+]2C)c(C)n1. The highest BCUT2D eigenvalue weighted by Crippen LogP contribution is 2.25. The summed E-state index contributed by atoms with van der Waals surface area (Å²) < 4.78 is 1.75. The van der Waals surface area contributed by atoms with Crippen molar-refractivity contribution in [1.82, 2.24) is 9.97 Å². The van der Waals surface area contributed by atoms with Gasteiger partial charge in [0.2, 0.25) is 12.1 Å². The van der Waals surface area contributed by atoms with E-state index in [1.54, 1.807) is 17.8 Å². The standard InChI is InChI=1S/C14H18N4O/c1-5-11-6-7-12(9(2)16-11)17-14-13(19)10(3)15-8-18(14)4/h6-8,19H,5H2,1-4H3/p+1. The zero-order valence-electron chi connectivity index (χ0n) is 11.7. The van der Waals surface area contributed by atoms with Crippen LogP contribution in [0.5, 0.6) is 5.75 Å². The van der Waals surface area contributed by atoms with Crippen molar-refractivity contribution in [3.05, 3.63) is 35.5 Å². The number of hydrogen-bond donors (Lipinski definition) is 2. The van der Waals surface area contributed by atoms with Gasteiger partial charge in [-0.2, -0.15) is 0 Å². The molecule has 0 aliphatic carbocycles. The van der Waals surface area contributed by atoms with Gasteiger partial charge in [0, 0.05) is 5.69 Å². The van der Waals surface area contributed by atoms with E-state index in [0.717, 1.165) is 23.5 Å². The molecule has 0 amide bonds. The van der Waals surface area contributed by atoms with Gasteiger partial charge in [-0.05, 0) is 32.4 Å². The zero-order valence-corrected chi connectivity index (χ0v) is 11.7. The minimum atomic E-state index is 0.156. The lowest BCUT2D eigenvalue weighted by Gasteiger charge is -2.09. The highest BCUT2D eigenvalue weighted by molar-refractivity contribution is 5.61. The van der Waals surface area contributed by atoms with E-state index in [4.69, 9.17) is 0 Å². The minimum absolute atomic E-state index is 0.156. The van der Waals surface area contributed by atoms with E-state index >= 15 is 0 Å². The average Bonchev–Trinajstić information content (AvgIpc) is 2.40. The smallest absolute Gasteiger partial charge is 0.272 e. The van der Waals surface area contributed by atoms with Gasteiger partial charge in [0.15, 0.2) is 5.69 Å². The Morgan fingerprint density at radius 2 is 2.00 bits per heavy atom. The lowest BCUT2D eigenvalue weighted by molar-refractivity contribution is -0.660. The molecule has 0 unspecified atom stereocenters. The third kappa shape index (κ3) is 2.65. The van der Waals surface area contributed by atoms with Gasteiger partial charge in [0.05, 0.1) is 12.7 Å². The van der Waals surface area contributed by atoms with E-state index < -0.39 is 0 Å². The van der Waals surface area contributed by atoms with Crippen molar-refractivity contribution in [2.75, 3.05) is 5.32 Å². The van der Waals surface area contributed by atoms with Crippen LogP contribution in [-0.2, 0) is 13.5 Å². The molecular formula is C14H19N4O+. The molecular weight excluding hydrogens is 240 g/mol. The number of nitrogens with one attached hydrogen (secondary N) is 1. The third-order valence-corrected chi connectivity index (χ3v) is 3.10. The van der Waals surface area contributed by atoms with Crippen LogP contribution < -0.4 is 9.88 Å². The monoisotopic (exact) mass is 259 g/mol. The second-order valence-electron chi connectivity index (χ2n) is 4.55. The van der Waals surface area contributed by atoms with Gasteiger partial charge < -0.3 is 5.11 Å². The number of anilines is 2. The van der Waals surface area contributed by atoms with Crippen LogP contribution in [0.3, 0.4) is 0 Å². The first-order valence-corrected chi connectivity index (χ1v) is 6.30. The molecule has 0 aliphatic heterocycles. The molecule has 0 radical (unpaired) electrons. The molecule has 2 aromatic heterocycles. The Labute approximate surface area is 113 Å². The predicted octanol–water partition coefficient (Wildman–Crippen LogP) is 1.93. The van der Waals surface area contributed by atoms with Crippen molar-refractivity contribution in [2.24, 2.45) is 7.05 Å². The molecule has 0 saturated heterocycles. The number of aromatic hydroxyl groups is 1. The van der Waals surface area contributed by atoms with Gasteiger partial charge >= 0.3 is 0 Å². The van der Waals surface area contributed by atoms with Crippen molar-refractivity contribution in [2.45, 2.75) is 27.2 Å². The maximum Gasteiger partial charge on any atom is 0.272 e. The first-order valence-electron chi connectivity index (χ1n) is 6.30. The Morgan fingerprint density at radius 1 is 1.26 bits per heavy atom. The molecule has 100 valence electrons. The van der Waals surface area contributed by atoms with Crippen LogP contribution in [0.4, 0.5) is 11.5 Å². The molecule has 0 bridgehead atoms. The summed E-state index contributed by atoms with van der Waals surface area (Å²) in [5, 5.41) is 13.3. The molecule has 0 aliphatic rings. The third-order valence-electron chi connectivity index (χ3n) is 3.10. The second-order valence-corrected chi connectivity index (χ2v) is 4.55. The summed E-state index contributed by atoms with van der Waals surface area (Å²) in [7, 11) is 1.83. The van der Waals surface area contributed by atoms with Crippen molar-refractivity contribution in [3.63, 3.8) is 0 Å². The summed E-state index contributed by atoms with van der Waals surface area (Å²) in [5.74, 6) is 0.769. The Bertz CT molecular complexity index is 611. The first kappa shape index (κ1) is 13.3. The zero-order chi connectivity index (χ0) is 14.0. The molecule has 0 aromatic carbocycles. The van der Waals surface area contributed by atoms with Gasteiger partial charge in [-0.15, -0.1) is 4.98 Å². The van der Waals surface area contributed by atoms with Gasteiger partial charge in [-0.1, -0.05) is 6.92 Å². The summed E-state index contributed by atoms with van der Waals surface area (Å²) in [6.07, 6.45) is 2.58. The maximum absolute atomic E-state index is 10.1. The van der Waals surface area contributed by atoms with Crippen LogP contribution >= 0.6 is 0 Å². The molecule has 2 heterocycles. The van der Waals surface area contributed by atoms with Crippen LogP contribution in [0.1, 0.15) is 24.0 Å². The highest BCUT2D eigenvalue weighted by atomic mass is 16.3. The molecule has 2 rings (SSSR count). The molecule has 5 heteroatoms. The first-order chi connectivity index (χ1) is 9.02.